The summed E-state index contributed by atoms with van der Waals surface area (Å²) in [5, 5.41) is 12.0. The number of nitrogens with zero attached hydrogens (tertiary/aromatic N) is 2. The fourth-order valence-electron chi connectivity index (χ4n) is 1.84. The van der Waals surface area contributed by atoms with E-state index in [1.54, 1.807) is 6.07 Å². The molecule has 2 rings (SSSR count). The molecule has 0 unspecified atom stereocenters. The first-order valence-corrected chi connectivity index (χ1v) is 6.34. The van der Waals surface area contributed by atoms with Crippen LogP contribution in [0.5, 0.6) is 11.6 Å². The van der Waals surface area contributed by atoms with Gasteiger partial charge < -0.3 is 25.2 Å². The van der Waals surface area contributed by atoms with Crippen molar-refractivity contribution < 1.29 is 24.2 Å². The molecule has 0 bridgehead atoms. The Kier molecular flexibility index (Phi) is 4.90. The molecule has 1 fully saturated rings. The maximum atomic E-state index is 11.4. The molecule has 1 saturated heterocycles. The average molecular weight is 296 g/mol. The topological polar surface area (TPSA) is 127 Å². The van der Waals surface area contributed by atoms with Crippen LogP contribution in [0.2, 0.25) is 0 Å². The van der Waals surface area contributed by atoms with Crippen LogP contribution in [-0.4, -0.2) is 54.9 Å². The lowest BCUT2D eigenvalue weighted by molar-refractivity contribution is -0.118. The van der Waals surface area contributed by atoms with E-state index in [1.807, 2.05) is 10.2 Å². The third-order valence-electron chi connectivity index (χ3n) is 2.84. The van der Waals surface area contributed by atoms with Crippen LogP contribution in [0.25, 0.3) is 0 Å². The number of anilines is 1. The normalized spacial score (nSPS) is 14.6. The predicted octanol–water partition coefficient (Wildman–Crippen LogP) is -0.803. The first-order valence-electron chi connectivity index (χ1n) is 6.34. The molecular weight excluding hydrogens is 280 g/mol. The molecule has 1 aliphatic rings. The zero-order valence-corrected chi connectivity index (χ0v) is 11.2. The van der Waals surface area contributed by atoms with E-state index < -0.39 is 12.0 Å². The number of imide groups is 1. The smallest absolute Gasteiger partial charge is 0.420 e. The van der Waals surface area contributed by atoms with Crippen LogP contribution in [0.4, 0.5) is 10.5 Å². The minimum Gasteiger partial charge on any atom is -0.502 e. The largest absolute Gasteiger partial charge is 0.502 e. The van der Waals surface area contributed by atoms with E-state index in [4.69, 9.17) is 15.2 Å². The molecule has 1 aliphatic heterocycles. The molecule has 0 saturated carbocycles. The Morgan fingerprint density at radius 3 is 2.86 bits per heavy atom. The van der Waals surface area contributed by atoms with Gasteiger partial charge in [0.15, 0.2) is 0 Å². The van der Waals surface area contributed by atoms with Crippen molar-refractivity contribution >= 4 is 17.7 Å². The molecule has 0 atom stereocenters. The van der Waals surface area contributed by atoms with Crippen LogP contribution < -0.4 is 20.7 Å². The van der Waals surface area contributed by atoms with Crippen LogP contribution in [0.15, 0.2) is 12.3 Å². The van der Waals surface area contributed by atoms with Crippen molar-refractivity contribution in [2.24, 2.45) is 5.73 Å². The van der Waals surface area contributed by atoms with Gasteiger partial charge in [-0.05, 0) is 6.07 Å². The Balaban J connectivity index is 2.10. The summed E-state index contributed by atoms with van der Waals surface area (Å²) in [7, 11) is 0. The highest BCUT2D eigenvalue weighted by Gasteiger charge is 2.20. The molecule has 0 aliphatic carbocycles. The highest BCUT2D eigenvalue weighted by molar-refractivity contribution is 5.93. The third kappa shape index (κ3) is 3.80. The second-order valence-corrected chi connectivity index (χ2v) is 4.23. The third-order valence-corrected chi connectivity index (χ3v) is 2.84. The molecule has 0 aromatic carbocycles. The average Bonchev–Trinajstić information content (AvgIpc) is 2.50. The van der Waals surface area contributed by atoms with E-state index in [1.165, 1.54) is 6.20 Å². The summed E-state index contributed by atoms with van der Waals surface area (Å²) >= 11 is 0. The summed E-state index contributed by atoms with van der Waals surface area (Å²) in [5.41, 5.74) is 5.55. The summed E-state index contributed by atoms with van der Waals surface area (Å²) in [6.45, 7) is 1.96. The van der Waals surface area contributed by atoms with Gasteiger partial charge in [0.1, 0.15) is 0 Å². The number of nitrogens with one attached hydrogen (secondary N) is 1. The first-order chi connectivity index (χ1) is 10.1. The highest BCUT2D eigenvalue weighted by atomic mass is 16.6. The van der Waals surface area contributed by atoms with Gasteiger partial charge in [-0.2, -0.15) is 0 Å². The molecular formula is C12H16N4O5. The Hall–Kier alpha value is -2.39. The first kappa shape index (κ1) is 15.0. The van der Waals surface area contributed by atoms with E-state index in [0.29, 0.717) is 32.0 Å². The summed E-state index contributed by atoms with van der Waals surface area (Å²) in [5.74, 6) is -1.24. The fourth-order valence-corrected chi connectivity index (χ4v) is 1.84. The number of ether oxygens (including phenoxy) is 2. The Bertz CT molecular complexity index is 530. The number of carbonyl (C=O) groups excluding carboxylic acids is 2. The molecule has 9 heteroatoms. The Morgan fingerprint density at radius 2 is 2.19 bits per heavy atom. The minimum atomic E-state index is -1.05. The minimum absolute atomic E-state index is 0.269. The van der Waals surface area contributed by atoms with Crippen LogP contribution in [-0.2, 0) is 9.53 Å². The van der Waals surface area contributed by atoms with E-state index in [0.717, 1.165) is 0 Å². The van der Waals surface area contributed by atoms with Gasteiger partial charge in [-0.25, -0.2) is 9.78 Å². The van der Waals surface area contributed by atoms with Gasteiger partial charge in [0.2, 0.25) is 11.7 Å². The zero-order chi connectivity index (χ0) is 15.2. The highest BCUT2D eigenvalue weighted by Crippen LogP contribution is 2.34. The maximum absolute atomic E-state index is 11.4. The van der Waals surface area contributed by atoms with E-state index >= 15 is 0 Å². The van der Waals surface area contributed by atoms with Crippen LogP contribution in [0.1, 0.15) is 0 Å². The standard InChI is InChI=1S/C12H16N4O5/c13-7-9(17)15-12(19)21-11-10(18)8(1-2-14-11)16-3-5-20-6-4-16/h1-2,18H,3-7,13H2,(H,15,17,19). The lowest BCUT2D eigenvalue weighted by atomic mass is 10.3. The molecule has 0 spiro atoms. The molecule has 114 valence electrons. The number of rotatable bonds is 3. The molecule has 1 aromatic rings. The molecule has 2 heterocycles. The number of carbonyl (C=O) groups is 2. The van der Waals surface area contributed by atoms with Gasteiger partial charge in [-0.3, -0.25) is 10.1 Å². The summed E-state index contributed by atoms with van der Waals surface area (Å²) < 4.78 is 10.0. The van der Waals surface area contributed by atoms with Crippen molar-refractivity contribution in [3.05, 3.63) is 12.3 Å². The predicted molar refractivity (Wildman–Crippen MR) is 72.2 cm³/mol. The van der Waals surface area contributed by atoms with Gasteiger partial charge in [0.05, 0.1) is 25.4 Å². The van der Waals surface area contributed by atoms with Crippen molar-refractivity contribution in [3.63, 3.8) is 0 Å². The molecule has 21 heavy (non-hydrogen) atoms. The van der Waals surface area contributed by atoms with Gasteiger partial charge in [-0.15, -0.1) is 0 Å². The number of aromatic hydroxyl groups is 1. The van der Waals surface area contributed by atoms with E-state index in [2.05, 4.69) is 4.98 Å². The van der Waals surface area contributed by atoms with Gasteiger partial charge >= 0.3 is 6.09 Å². The number of hydrogen-bond donors (Lipinski definition) is 3. The van der Waals surface area contributed by atoms with Gasteiger partial charge in [0, 0.05) is 19.3 Å². The second-order valence-electron chi connectivity index (χ2n) is 4.23. The molecule has 0 radical (unpaired) electrons. The summed E-state index contributed by atoms with van der Waals surface area (Å²) in [4.78, 5) is 28.1. The summed E-state index contributed by atoms with van der Waals surface area (Å²) in [6.07, 6.45) is 0.352. The van der Waals surface area contributed by atoms with Crippen LogP contribution in [0.3, 0.4) is 0 Å². The number of morpholine rings is 1. The van der Waals surface area contributed by atoms with Crippen molar-refractivity contribution in [3.8, 4) is 11.6 Å². The van der Waals surface area contributed by atoms with Crippen molar-refractivity contribution in [1.29, 1.82) is 0 Å². The number of pyridine rings is 1. The fraction of sp³-hybridized carbons (Fsp3) is 0.417. The Morgan fingerprint density at radius 1 is 1.48 bits per heavy atom. The Labute approximate surface area is 120 Å². The lowest BCUT2D eigenvalue weighted by Gasteiger charge is -2.29. The van der Waals surface area contributed by atoms with Crippen molar-refractivity contribution in [2.75, 3.05) is 37.7 Å². The maximum Gasteiger partial charge on any atom is 0.420 e. The number of hydrogen-bond acceptors (Lipinski definition) is 8. The SMILES string of the molecule is NCC(=O)NC(=O)Oc1nccc(N2CCOCC2)c1O. The van der Waals surface area contributed by atoms with Crippen LogP contribution in [0, 0.1) is 0 Å². The molecule has 9 nitrogen and oxygen atoms in total. The van der Waals surface area contributed by atoms with Gasteiger partial charge in [0.25, 0.3) is 5.88 Å². The number of amides is 2. The van der Waals surface area contributed by atoms with E-state index in [-0.39, 0.29) is 18.2 Å². The van der Waals surface area contributed by atoms with Gasteiger partial charge in [-0.1, -0.05) is 0 Å². The number of nitrogens with two attached hydrogens (primary N) is 1. The molecule has 2 amide bonds. The van der Waals surface area contributed by atoms with Crippen molar-refractivity contribution in [1.82, 2.24) is 10.3 Å². The quantitative estimate of drug-likeness (QED) is 0.661. The molecule has 1 aromatic heterocycles. The van der Waals surface area contributed by atoms with Crippen LogP contribution >= 0.6 is 0 Å². The monoisotopic (exact) mass is 296 g/mol. The second kappa shape index (κ2) is 6.86. The summed E-state index contributed by atoms with van der Waals surface area (Å²) in [6, 6.07) is 1.61. The van der Waals surface area contributed by atoms with E-state index in [9.17, 15) is 14.7 Å². The van der Waals surface area contributed by atoms with Crippen molar-refractivity contribution in [2.45, 2.75) is 0 Å². The molecule has 4 N–H and O–H groups in total. The number of aromatic nitrogens is 1. The zero-order valence-electron chi connectivity index (χ0n) is 11.2. The lowest BCUT2D eigenvalue weighted by Crippen LogP contribution is -2.37.